The number of aromatic nitrogens is 2. The average molecular weight is 206 g/mol. The van der Waals surface area contributed by atoms with Gasteiger partial charge >= 0.3 is 0 Å². The third-order valence-electron chi connectivity index (χ3n) is 3.13. The first-order chi connectivity index (χ1) is 7.06. The van der Waals surface area contributed by atoms with E-state index in [2.05, 4.69) is 17.1 Å². The van der Waals surface area contributed by atoms with Crippen molar-refractivity contribution in [3.05, 3.63) is 29.7 Å². The third kappa shape index (κ3) is 1.52. The van der Waals surface area contributed by atoms with E-state index in [9.17, 15) is 4.39 Å². The Balaban J connectivity index is 2.77. The molecule has 0 saturated carbocycles. The zero-order chi connectivity index (χ0) is 11.1. The predicted molar refractivity (Wildman–Crippen MR) is 59.4 cm³/mol. The van der Waals surface area contributed by atoms with Crippen LogP contribution in [0.5, 0.6) is 0 Å². The lowest BCUT2D eigenvalue weighted by atomic mass is 9.81. The minimum absolute atomic E-state index is 0.154. The van der Waals surface area contributed by atoms with Crippen molar-refractivity contribution in [2.24, 2.45) is 0 Å². The smallest absolute Gasteiger partial charge is 0.129 e. The Hall–Kier alpha value is -1.38. The Bertz CT molecular complexity index is 485. The number of rotatable bonds is 2. The Labute approximate surface area is 88.5 Å². The number of hydrogen-bond donors (Lipinski definition) is 1. The van der Waals surface area contributed by atoms with Gasteiger partial charge in [0.2, 0.25) is 0 Å². The summed E-state index contributed by atoms with van der Waals surface area (Å²) in [5.41, 5.74) is 1.39. The highest BCUT2D eigenvalue weighted by Gasteiger charge is 2.25. The molecule has 3 heteroatoms. The molecular formula is C12H15FN2. The van der Waals surface area contributed by atoms with E-state index >= 15 is 0 Å². The van der Waals surface area contributed by atoms with Crippen LogP contribution in [0.3, 0.4) is 0 Å². The van der Waals surface area contributed by atoms with Crippen molar-refractivity contribution in [3.8, 4) is 0 Å². The molecule has 1 N–H and O–H groups in total. The van der Waals surface area contributed by atoms with Crippen molar-refractivity contribution in [2.75, 3.05) is 0 Å². The molecule has 0 atom stereocenters. The molecule has 15 heavy (non-hydrogen) atoms. The number of nitrogens with one attached hydrogen (secondary N) is 1. The van der Waals surface area contributed by atoms with Gasteiger partial charge in [0.05, 0.1) is 11.7 Å². The Morgan fingerprint density at radius 1 is 1.40 bits per heavy atom. The maximum atomic E-state index is 13.8. The van der Waals surface area contributed by atoms with Crippen LogP contribution < -0.4 is 0 Å². The number of hydrogen-bond acceptors (Lipinski definition) is 1. The fraction of sp³-hybridized carbons (Fsp3) is 0.417. The summed E-state index contributed by atoms with van der Waals surface area (Å²) in [6, 6.07) is 3.27. The van der Waals surface area contributed by atoms with Crippen LogP contribution in [0.1, 0.15) is 32.8 Å². The van der Waals surface area contributed by atoms with Gasteiger partial charge in [-0.15, -0.1) is 0 Å². The van der Waals surface area contributed by atoms with Crippen LogP contribution in [0.15, 0.2) is 18.3 Å². The lowest BCUT2D eigenvalue weighted by Gasteiger charge is -2.24. The lowest BCUT2D eigenvalue weighted by Crippen LogP contribution is -2.18. The highest BCUT2D eigenvalue weighted by atomic mass is 19.1. The summed E-state index contributed by atoms with van der Waals surface area (Å²) in [5, 5.41) is 7.80. The van der Waals surface area contributed by atoms with E-state index < -0.39 is 0 Å². The molecule has 1 aromatic carbocycles. The van der Waals surface area contributed by atoms with Gasteiger partial charge in [0.1, 0.15) is 5.82 Å². The number of aromatic amines is 1. The molecule has 2 rings (SSSR count). The van der Waals surface area contributed by atoms with Crippen LogP contribution in [0.2, 0.25) is 0 Å². The van der Waals surface area contributed by atoms with E-state index in [1.165, 1.54) is 6.07 Å². The first-order valence-corrected chi connectivity index (χ1v) is 5.18. The van der Waals surface area contributed by atoms with Crippen LogP contribution in [0, 0.1) is 5.82 Å². The number of benzene rings is 1. The van der Waals surface area contributed by atoms with Gasteiger partial charge in [-0.05, 0) is 24.0 Å². The van der Waals surface area contributed by atoms with Crippen molar-refractivity contribution in [3.63, 3.8) is 0 Å². The fourth-order valence-electron chi connectivity index (χ4n) is 1.83. The number of halogens is 1. The minimum atomic E-state index is -0.171. The SMILES string of the molecule is CCC(C)(C)c1c(F)ccc2cn[nH]c12. The average Bonchev–Trinajstić information content (AvgIpc) is 2.64. The zero-order valence-corrected chi connectivity index (χ0v) is 9.26. The van der Waals surface area contributed by atoms with Gasteiger partial charge in [0.15, 0.2) is 0 Å². The molecule has 0 bridgehead atoms. The molecule has 80 valence electrons. The summed E-state index contributed by atoms with van der Waals surface area (Å²) < 4.78 is 13.8. The number of fused-ring (bicyclic) bond motifs is 1. The molecular weight excluding hydrogens is 191 g/mol. The van der Waals surface area contributed by atoms with Crippen LogP contribution in [0.25, 0.3) is 10.9 Å². The molecule has 0 aliphatic carbocycles. The van der Waals surface area contributed by atoms with E-state index in [1.807, 2.05) is 13.8 Å². The minimum Gasteiger partial charge on any atom is -0.277 e. The van der Waals surface area contributed by atoms with Gasteiger partial charge in [-0.2, -0.15) is 5.10 Å². The van der Waals surface area contributed by atoms with Crippen molar-refractivity contribution < 1.29 is 4.39 Å². The summed E-state index contributed by atoms with van der Waals surface area (Å²) in [4.78, 5) is 0. The molecule has 2 nitrogen and oxygen atoms in total. The molecule has 0 saturated heterocycles. The molecule has 0 fully saturated rings. The zero-order valence-electron chi connectivity index (χ0n) is 9.26. The summed E-state index contributed by atoms with van der Waals surface area (Å²) in [6.07, 6.45) is 2.62. The largest absolute Gasteiger partial charge is 0.277 e. The van der Waals surface area contributed by atoms with Crippen molar-refractivity contribution in [2.45, 2.75) is 32.6 Å². The maximum absolute atomic E-state index is 13.8. The van der Waals surface area contributed by atoms with Gasteiger partial charge in [0.25, 0.3) is 0 Å². The Kier molecular flexibility index (Phi) is 2.25. The second-order valence-electron chi connectivity index (χ2n) is 4.49. The van der Waals surface area contributed by atoms with Gasteiger partial charge in [-0.3, -0.25) is 5.10 Å². The summed E-state index contributed by atoms with van der Waals surface area (Å²) >= 11 is 0. The molecule has 0 unspecified atom stereocenters. The summed E-state index contributed by atoms with van der Waals surface area (Å²) in [5.74, 6) is -0.154. The second-order valence-corrected chi connectivity index (χ2v) is 4.49. The van der Waals surface area contributed by atoms with Gasteiger partial charge in [0, 0.05) is 10.9 Å². The molecule has 1 heterocycles. The Morgan fingerprint density at radius 3 is 2.80 bits per heavy atom. The van der Waals surface area contributed by atoms with Crippen LogP contribution >= 0.6 is 0 Å². The standard InChI is InChI=1S/C12H15FN2/c1-4-12(2,3)10-9(13)6-5-8-7-14-15-11(8)10/h5-7H,4H2,1-3H3,(H,14,15). The molecule has 0 radical (unpaired) electrons. The van der Waals surface area contributed by atoms with E-state index in [0.29, 0.717) is 0 Å². The molecule has 0 spiro atoms. The monoisotopic (exact) mass is 206 g/mol. The van der Waals surface area contributed by atoms with Crippen LogP contribution in [-0.2, 0) is 5.41 Å². The number of nitrogens with zero attached hydrogens (tertiary/aromatic N) is 1. The topological polar surface area (TPSA) is 28.7 Å². The quantitative estimate of drug-likeness (QED) is 0.801. The first kappa shape index (κ1) is 10.1. The van der Waals surface area contributed by atoms with E-state index in [-0.39, 0.29) is 11.2 Å². The lowest BCUT2D eigenvalue weighted by molar-refractivity contribution is 0.473. The van der Waals surface area contributed by atoms with Crippen LogP contribution in [-0.4, -0.2) is 10.2 Å². The van der Waals surface area contributed by atoms with E-state index in [4.69, 9.17) is 0 Å². The summed E-state index contributed by atoms with van der Waals surface area (Å²) in [7, 11) is 0. The first-order valence-electron chi connectivity index (χ1n) is 5.18. The number of H-pyrrole nitrogens is 1. The fourth-order valence-corrected chi connectivity index (χ4v) is 1.83. The van der Waals surface area contributed by atoms with Crippen molar-refractivity contribution in [1.29, 1.82) is 0 Å². The van der Waals surface area contributed by atoms with E-state index in [1.54, 1.807) is 12.3 Å². The maximum Gasteiger partial charge on any atom is 0.129 e. The molecule has 0 amide bonds. The normalized spacial score (nSPS) is 12.3. The second kappa shape index (κ2) is 3.33. The summed E-state index contributed by atoms with van der Waals surface area (Å²) in [6.45, 7) is 6.16. The van der Waals surface area contributed by atoms with Crippen molar-refractivity contribution in [1.82, 2.24) is 10.2 Å². The van der Waals surface area contributed by atoms with Gasteiger partial charge < -0.3 is 0 Å². The van der Waals surface area contributed by atoms with E-state index in [0.717, 1.165) is 22.9 Å². The molecule has 2 aromatic rings. The predicted octanol–water partition coefficient (Wildman–Crippen LogP) is 3.39. The van der Waals surface area contributed by atoms with Crippen LogP contribution in [0.4, 0.5) is 4.39 Å². The molecule has 1 aromatic heterocycles. The van der Waals surface area contributed by atoms with Gasteiger partial charge in [-0.1, -0.05) is 20.8 Å². The third-order valence-corrected chi connectivity index (χ3v) is 3.13. The van der Waals surface area contributed by atoms with Crippen molar-refractivity contribution >= 4 is 10.9 Å². The highest BCUT2D eigenvalue weighted by molar-refractivity contribution is 5.82. The highest BCUT2D eigenvalue weighted by Crippen LogP contribution is 2.33. The Morgan fingerprint density at radius 2 is 2.13 bits per heavy atom. The molecule has 0 aliphatic heterocycles. The molecule has 0 aliphatic rings. The van der Waals surface area contributed by atoms with Gasteiger partial charge in [-0.25, -0.2) is 4.39 Å².